The van der Waals surface area contributed by atoms with Crippen LogP contribution >= 0.6 is 0 Å². The molecule has 210 valence electrons. The Hall–Kier alpha value is -4.64. The number of aliphatic hydroxyl groups is 1. The fourth-order valence-corrected chi connectivity index (χ4v) is 4.34. The van der Waals surface area contributed by atoms with E-state index in [1.54, 1.807) is 26.8 Å². The molecule has 0 fully saturated rings. The number of hydrogen-bond donors (Lipinski definition) is 1. The third-order valence-electron chi connectivity index (χ3n) is 6.40. The summed E-state index contributed by atoms with van der Waals surface area (Å²) in [5.41, 5.74) is 2.47. The monoisotopic (exact) mass is 549 g/mol. The second-order valence-corrected chi connectivity index (χ2v) is 9.59. The van der Waals surface area contributed by atoms with Crippen molar-refractivity contribution in [3.05, 3.63) is 119 Å². The van der Waals surface area contributed by atoms with E-state index in [4.69, 9.17) is 14.2 Å². The molecule has 1 N–H and O–H groups in total. The van der Waals surface area contributed by atoms with Gasteiger partial charge in [-0.25, -0.2) is 9.98 Å². The first-order chi connectivity index (χ1) is 19.9. The smallest absolute Gasteiger partial charge is 0.153 e. The highest BCUT2D eigenvalue weighted by atomic mass is 16.5. The van der Waals surface area contributed by atoms with Gasteiger partial charge in [0.15, 0.2) is 5.82 Å². The minimum atomic E-state index is -0.999. The second-order valence-electron chi connectivity index (χ2n) is 9.59. The number of rotatable bonds is 11. The van der Waals surface area contributed by atoms with Gasteiger partial charge in [-0.1, -0.05) is 66.4 Å². The zero-order chi connectivity index (χ0) is 29.1. The number of hydrogen-bond acceptors (Lipinski definition) is 6. The fourth-order valence-electron chi connectivity index (χ4n) is 4.34. The molecule has 0 saturated heterocycles. The lowest BCUT2D eigenvalue weighted by molar-refractivity contribution is -0.0363. The number of ether oxygens (including phenoxy) is 3. The molecular weight excluding hydrogens is 514 g/mol. The molecule has 0 radical (unpaired) electrons. The predicted molar refractivity (Wildman–Crippen MR) is 162 cm³/mol. The molecule has 4 rings (SSSR count). The average molecular weight is 550 g/mol. The maximum absolute atomic E-state index is 11.0. The number of methoxy groups -OCH3 is 2. The van der Waals surface area contributed by atoms with Crippen LogP contribution in [0, 0.1) is 11.8 Å². The molecule has 3 aromatic carbocycles. The Labute approximate surface area is 242 Å². The van der Waals surface area contributed by atoms with Crippen LogP contribution in [0.2, 0.25) is 0 Å². The van der Waals surface area contributed by atoms with Gasteiger partial charge in [0.05, 0.1) is 33.3 Å². The van der Waals surface area contributed by atoms with Crippen LogP contribution in [-0.4, -0.2) is 62.4 Å². The lowest BCUT2D eigenvalue weighted by atomic mass is 9.80. The van der Waals surface area contributed by atoms with Crippen molar-refractivity contribution in [3.63, 3.8) is 0 Å². The van der Waals surface area contributed by atoms with E-state index in [0.29, 0.717) is 5.82 Å². The molecule has 0 aliphatic rings. The molecule has 1 atom stereocenters. The Balaban J connectivity index is 1.59. The number of aliphatic hydroxyl groups excluding tert-OH is 1. The topological polar surface area (TPSA) is 76.4 Å². The molecule has 7 nitrogen and oxygen atoms in total. The molecule has 7 heteroatoms. The maximum atomic E-state index is 11.0. The number of nitrogens with zero attached hydrogens (tertiary/aromatic N) is 3. The van der Waals surface area contributed by atoms with Crippen molar-refractivity contribution in [2.75, 3.05) is 34.9 Å². The molecule has 0 amide bonds. The second kappa shape index (κ2) is 14.1. The SMILES string of the molecule is COc1ccc(C(OC[C@@H](O)CC#Cc2ccc(/N=C\N(C)C)nc2)(c2ccccc2)c2ccc(OC)cc2)cc1. The number of aromatic nitrogens is 1. The largest absolute Gasteiger partial charge is 0.497 e. The van der Waals surface area contributed by atoms with E-state index in [9.17, 15) is 5.11 Å². The first-order valence-electron chi connectivity index (χ1n) is 13.3. The summed E-state index contributed by atoms with van der Waals surface area (Å²) in [6, 6.07) is 29.2. The highest BCUT2D eigenvalue weighted by Crippen LogP contribution is 2.41. The Morgan fingerprint density at radius 1 is 0.854 bits per heavy atom. The summed E-state index contributed by atoms with van der Waals surface area (Å²) >= 11 is 0. The highest BCUT2D eigenvalue weighted by molar-refractivity contribution is 5.59. The zero-order valence-electron chi connectivity index (χ0n) is 23.8. The lowest BCUT2D eigenvalue weighted by Gasteiger charge is -2.36. The Bertz CT molecular complexity index is 1410. The lowest BCUT2D eigenvalue weighted by Crippen LogP contribution is -2.35. The molecule has 0 aliphatic heterocycles. The number of benzene rings is 3. The molecule has 0 saturated carbocycles. The molecule has 4 aromatic rings. The zero-order valence-corrected chi connectivity index (χ0v) is 23.8. The first kappa shape index (κ1) is 29.3. The maximum Gasteiger partial charge on any atom is 0.153 e. The van der Waals surface area contributed by atoms with Crippen molar-refractivity contribution in [1.29, 1.82) is 0 Å². The van der Waals surface area contributed by atoms with Gasteiger partial charge in [-0.2, -0.15) is 0 Å². The summed E-state index contributed by atoms with van der Waals surface area (Å²) in [4.78, 5) is 10.4. The van der Waals surface area contributed by atoms with Gasteiger partial charge in [0.1, 0.15) is 17.1 Å². The van der Waals surface area contributed by atoms with E-state index in [-0.39, 0.29) is 13.0 Å². The van der Waals surface area contributed by atoms with E-state index in [0.717, 1.165) is 33.8 Å². The van der Waals surface area contributed by atoms with E-state index in [1.807, 2.05) is 110 Å². The van der Waals surface area contributed by atoms with Gasteiger partial charge in [-0.15, -0.1) is 0 Å². The van der Waals surface area contributed by atoms with Crippen molar-refractivity contribution in [2.45, 2.75) is 18.1 Å². The highest BCUT2D eigenvalue weighted by Gasteiger charge is 2.38. The average Bonchev–Trinajstić information content (AvgIpc) is 3.02. The Morgan fingerprint density at radius 2 is 1.44 bits per heavy atom. The minimum Gasteiger partial charge on any atom is -0.497 e. The van der Waals surface area contributed by atoms with Crippen molar-refractivity contribution >= 4 is 12.2 Å². The van der Waals surface area contributed by atoms with Crippen LogP contribution in [0.4, 0.5) is 5.82 Å². The molecule has 0 bridgehead atoms. The standard InChI is InChI=1S/C34H35N3O4/c1-37(2)25-36-33-22-13-26(23-35-33)9-8-12-30(38)24-41-34(27-10-6-5-7-11-27,28-14-18-31(39-3)19-15-28)29-16-20-32(40-4)21-17-29/h5-7,10-11,13-23,25,30,38H,12,24H2,1-4H3/b36-25-/t30-/m0/s1. The molecule has 41 heavy (non-hydrogen) atoms. The van der Waals surface area contributed by atoms with Gasteiger partial charge >= 0.3 is 0 Å². The van der Waals surface area contributed by atoms with Crippen molar-refractivity contribution in [2.24, 2.45) is 4.99 Å². The van der Waals surface area contributed by atoms with E-state index < -0.39 is 11.7 Å². The van der Waals surface area contributed by atoms with Crippen LogP contribution in [0.15, 0.2) is 102 Å². The summed E-state index contributed by atoms with van der Waals surface area (Å²) in [6.07, 6.45) is 2.78. The number of pyridine rings is 1. The summed E-state index contributed by atoms with van der Waals surface area (Å²) in [7, 11) is 7.08. The summed E-state index contributed by atoms with van der Waals surface area (Å²) in [6.45, 7) is 0.0536. The number of aliphatic imine (C=N–C) groups is 1. The summed E-state index contributed by atoms with van der Waals surface area (Å²) < 4.78 is 17.5. The van der Waals surface area contributed by atoms with Crippen LogP contribution in [0.25, 0.3) is 0 Å². The fraction of sp³-hybridized carbons (Fsp3) is 0.235. The predicted octanol–water partition coefficient (Wildman–Crippen LogP) is 5.43. The van der Waals surface area contributed by atoms with Gasteiger partial charge in [-0.3, -0.25) is 0 Å². The van der Waals surface area contributed by atoms with Crippen LogP contribution in [0.1, 0.15) is 28.7 Å². The first-order valence-corrected chi connectivity index (χ1v) is 13.3. The van der Waals surface area contributed by atoms with Crippen LogP contribution in [-0.2, 0) is 10.3 Å². The molecular formula is C34H35N3O4. The van der Waals surface area contributed by atoms with Gasteiger partial charge < -0.3 is 24.2 Å². The molecule has 0 spiro atoms. The van der Waals surface area contributed by atoms with E-state index in [2.05, 4.69) is 21.8 Å². The van der Waals surface area contributed by atoms with Crippen molar-refractivity contribution < 1.29 is 19.3 Å². The van der Waals surface area contributed by atoms with E-state index >= 15 is 0 Å². The van der Waals surface area contributed by atoms with Gasteiger partial charge in [0, 0.05) is 32.3 Å². The molecule has 1 aromatic heterocycles. The van der Waals surface area contributed by atoms with Gasteiger partial charge in [0.25, 0.3) is 0 Å². The third-order valence-corrected chi connectivity index (χ3v) is 6.40. The Kier molecular flexibility index (Phi) is 10.1. The summed E-state index contributed by atoms with van der Waals surface area (Å²) in [5.74, 6) is 8.21. The normalized spacial score (nSPS) is 11.9. The van der Waals surface area contributed by atoms with Crippen LogP contribution in [0.3, 0.4) is 0 Å². The van der Waals surface area contributed by atoms with Gasteiger partial charge in [0.2, 0.25) is 0 Å². The van der Waals surface area contributed by atoms with E-state index in [1.165, 1.54) is 0 Å². The molecule has 0 aliphatic carbocycles. The minimum absolute atomic E-state index is 0.0536. The Morgan fingerprint density at radius 3 is 1.95 bits per heavy atom. The van der Waals surface area contributed by atoms with Gasteiger partial charge in [-0.05, 0) is 53.1 Å². The van der Waals surface area contributed by atoms with Crippen molar-refractivity contribution in [3.8, 4) is 23.3 Å². The van der Waals surface area contributed by atoms with Crippen LogP contribution in [0.5, 0.6) is 11.5 Å². The van der Waals surface area contributed by atoms with Crippen molar-refractivity contribution in [1.82, 2.24) is 9.88 Å². The molecule has 1 heterocycles. The third kappa shape index (κ3) is 7.52. The molecule has 0 unspecified atom stereocenters. The van der Waals surface area contributed by atoms with Crippen LogP contribution < -0.4 is 9.47 Å². The quantitative estimate of drug-likeness (QED) is 0.116. The summed E-state index contributed by atoms with van der Waals surface area (Å²) in [5, 5.41) is 11.0.